The molecule has 1 heterocycles. The van der Waals surface area contributed by atoms with Crippen LogP contribution in [0.1, 0.15) is 5.69 Å². The average Bonchev–Trinajstić information content (AvgIpc) is 2.28. The Kier molecular flexibility index (Phi) is 5.71. The Hall–Kier alpha value is -1.34. The van der Waals surface area contributed by atoms with E-state index >= 15 is 0 Å². The number of ether oxygens (including phenoxy) is 1. The molecule has 0 fully saturated rings. The van der Waals surface area contributed by atoms with Crippen LogP contribution in [-0.4, -0.2) is 36.2 Å². The highest BCUT2D eigenvalue weighted by molar-refractivity contribution is 7.80. The maximum Gasteiger partial charge on any atom is 0.261 e. The molecule has 0 atom stereocenters. The number of pyridine rings is 1. The van der Waals surface area contributed by atoms with Crippen molar-refractivity contribution >= 4 is 23.0 Å². The topological polar surface area (TPSA) is 60.2 Å². The van der Waals surface area contributed by atoms with Gasteiger partial charge in [-0.25, -0.2) is 13.8 Å². The van der Waals surface area contributed by atoms with Gasteiger partial charge < -0.3 is 15.8 Å². The zero-order valence-electron chi connectivity index (χ0n) is 9.03. The number of nitrogens with zero attached hydrogens (tertiary/aromatic N) is 1. The Bertz CT molecular complexity index is 376. The molecule has 0 aliphatic carbocycles. The number of anilines is 1. The van der Waals surface area contributed by atoms with E-state index < -0.39 is 13.0 Å². The van der Waals surface area contributed by atoms with Crippen LogP contribution in [0.15, 0.2) is 18.2 Å². The molecular weight excluding hydrogens is 248 g/mol. The van der Waals surface area contributed by atoms with Gasteiger partial charge in [0.05, 0.1) is 12.3 Å². The Morgan fingerprint density at radius 1 is 1.53 bits per heavy atom. The number of hydrogen-bond donors (Lipinski definition) is 2. The fraction of sp³-hybridized carbons (Fsp3) is 0.400. The van der Waals surface area contributed by atoms with Gasteiger partial charge in [0.2, 0.25) is 0 Å². The molecule has 3 N–H and O–H groups in total. The van der Waals surface area contributed by atoms with Crippen LogP contribution in [0, 0.1) is 0 Å². The summed E-state index contributed by atoms with van der Waals surface area (Å²) in [4.78, 5) is 4.33. The Balaban J connectivity index is 2.31. The van der Waals surface area contributed by atoms with Crippen LogP contribution in [0.4, 0.5) is 14.6 Å². The molecule has 1 aromatic rings. The van der Waals surface area contributed by atoms with Crippen LogP contribution < -0.4 is 11.1 Å². The second-order valence-electron chi connectivity index (χ2n) is 3.17. The summed E-state index contributed by atoms with van der Waals surface area (Å²) in [6, 6.07) is 5.18. The lowest BCUT2D eigenvalue weighted by molar-refractivity contribution is 0.0215. The summed E-state index contributed by atoms with van der Waals surface area (Å²) in [6.45, 7) is 0.0197. The van der Waals surface area contributed by atoms with Crippen LogP contribution in [0.5, 0.6) is 0 Å². The number of nitrogens with two attached hydrogens (primary N) is 1. The van der Waals surface area contributed by atoms with Crippen LogP contribution >= 0.6 is 12.2 Å². The Morgan fingerprint density at radius 3 is 2.94 bits per heavy atom. The SMILES string of the molecule is NC(=S)c1cccc(NCCOCC(F)F)n1. The van der Waals surface area contributed by atoms with Gasteiger partial charge >= 0.3 is 0 Å². The van der Waals surface area contributed by atoms with E-state index in [4.69, 9.17) is 22.7 Å². The summed E-state index contributed by atoms with van der Waals surface area (Å²) in [6.07, 6.45) is -2.44. The lowest BCUT2D eigenvalue weighted by atomic mass is 10.3. The highest BCUT2D eigenvalue weighted by Gasteiger charge is 2.02. The maximum absolute atomic E-state index is 11.7. The van der Waals surface area contributed by atoms with Crippen molar-refractivity contribution in [3.8, 4) is 0 Å². The lowest BCUT2D eigenvalue weighted by Crippen LogP contribution is -2.16. The monoisotopic (exact) mass is 261 g/mol. The van der Waals surface area contributed by atoms with Crippen molar-refractivity contribution in [1.82, 2.24) is 4.98 Å². The first kappa shape index (κ1) is 13.7. The van der Waals surface area contributed by atoms with E-state index in [-0.39, 0.29) is 11.6 Å². The summed E-state index contributed by atoms with van der Waals surface area (Å²) in [5.74, 6) is 0.580. The molecule has 0 bridgehead atoms. The molecule has 1 aromatic heterocycles. The van der Waals surface area contributed by atoms with Crippen molar-refractivity contribution in [2.24, 2.45) is 5.73 Å². The minimum Gasteiger partial charge on any atom is -0.388 e. The van der Waals surface area contributed by atoms with Crippen molar-refractivity contribution in [3.05, 3.63) is 23.9 Å². The second-order valence-corrected chi connectivity index (χ2v) is 3.60. The summed E-state index contributed by atoms with van der Waals surface area (Å²) < 4.78 is 28.2. The van der Waals surface area contributed by atoms with Crippen molar-refractivity contribution in [3.63, 3.8) is 0 Å². The largest absolute Gasteiger partial charge is 0.388 e. The quantitative estimate of drug-likeness (QED) is 0.574. The third-order valence-electron chi connectivity index (χ3n) is 1.80. The highest BCUT2D eigenvalue weighted by atomic mass is 32.1. The minimum absolute atomic E-state index is 0.184. The number of halogens is 2. The van der Waals surface area contributed by atoms with Crippen LogP contribution in [-0.2, 0) is 4.74 Å². The van der Waals surface area contributed by atoms with Gasteiger partial charge in [-0.3, -0.25) is 0 Å². The first-order valence-corrected chi connectivity index (χ1v) is 5.37. The third-order valence-corrected chi connectivity index (χ3v) is 2.01. The molecule has 0 aliphatic heterocycles. The van der Waals surface area contributed by atoms with Crippen LogP contribution in [0.25, 0.3) is 0 Å². The standard InChI is InChI=1S/C10H13F2N3OS/c11-8(12)6-16-5-4-14-9-3-1-2-7(15-9)10(13)17/h1-3,8H,4-6H2,(H2,13,17)(H,14,15). The number of rotatable bonds is 7. The molecule has 0 aliphatic rings. The molecule has 0 unspecified atom stereocenters. The van der Waals surface area contributed by atoms with Gasteiger partial charge in [-0.05, 0) is 12.1 Å². The molecule has 0 saturated carbocycles. The smallest absolute Gasteiger partial charge is 0.261 e. The minimum atomic E-state index is -2.44. The molecule has 4 nitrogen and oxygen atoms in total. The predicted molar refractivity (Wildman–Crippen MR) is 65.4 cm³/mol. The third kappa shape index (κ3) is 5.50. The zero-order valence-corrected chi connectivity index (χ0v) is 9.84. The Morgan fingerprint density at radius 2 is 2.29 bits per heavy atom. The second kappa shape index (κ2) is 7.08. The molecule has 94 valence electrons. The number of nitrogens with one attached hydrogen (secondary N) is 1. The fourth-order valence-electron chi connectivity index (χ4n) is 1.09. The van der Waals surface area contributed by atoms with E-state index in [0.29, 0.717) is 18.1 Å². The van der Waals surface area contributed by atoms with E-state index in [1.165, 1.54) is 0 Å². The molecule has 17 heavy (non-hydrogen) atoms. The van der Waals surface area contributed by atoms with Gasteiger partial charge in [0.15, 0.2) is 0 Å². The summed E-state index contributed by atoms with van der Waals surface area (Å²) in [5.41, 5.74) is 5.94. The molecular formula is C10H13F2N3OS. The van der Waals surface area contributed by atoms with E-state index in [1.54, 1.807) is 18.2 Å². The molecule has 0 amide bonds. The fourth-order valence-corrected chi connectivity index (χ4v) is 1.21. The van der Waals surface area contributed by atoms with Gasteiger partial charge in [-0.1, -0.05) is 18.3 Å². The molecule has 7 heteroatoms. The van der Waals surface area contributed by atoms with E-state index in [0.717, 1.165) is 0 Å². The highest BCUT2D eigenvalue weighted by Crippen LogP contribution is 2.04. The van der Waals surface area contributed by atoms with Gasteiger partial charge in [-0.2, -0.15) is 0 Å². The molecule has 1 rings (SSSR count). The van der Waals surface area contributed by atoms with E-state index in [9.17, 15) is 8.78 Å². The van der Waals surface area contributed by atoms with Crippen molar-refractivity contribution < 1.29 is 13.5 Å². The molecule has 0 aromatic carbocycles. The first-order valence-electron chi connectivity index (χ1n) is 4.96. The first-order chi connectivity index (χ1) is 8.09. The summed E-state index contributed by atoms with van der Waals surface area (Å²) in [5, 5.41) is 2.92. The molecule has 0 spiro atoms. The van der Waals surface area contributed by atoms with E-state index in [2.05, 4.69) is 10.3 Å². The van der Waals surface area contributed by atoms with Crippen molar-refractivity contribution in [2.45, 2.75) is 6.43 Å². The van der Waals surface area contributed by atoms with Gasteiger partial charge in [0, 0.05) is 6.54 Å². The van der Waals surface area contributed by atoms with Gasteiger partial charge in [0.1, 0.15) is 17.4 Å². The lowest BCUT2D eigenvalue weighted by Gasteiger charge is -2.07. The predicted octanol–water partition coefficient (Wildman–Crippen LogP) is 1.41. The number of thiocarbonyl (C=S) groups is 1. The molecule has 0 saturated heterocycles. The van der Waals surface area contributed by atoms with Crippen LogP contribution in [0.2, 0.25) is 0 Å². The van der Waals surface area contributed by atoms with E-state index in [1.807, 2.05) is 0 Å². The number of alkyl halides is 2. The average molecular weight is 261 g/mol. The van der Waals surface area contributed by atoms with Gasteiger partial charge in [0.25, 0.3) is 6.43 Å². The maximum atomic E-state index is 11.7. The summed E-state index contributed by atoms with van der Waals surface area (Å²) in [7, 11) is 0. The summed E-state index contributed by atoms with van der Waals surface area (Å²) >= 11 is 4.78. The van der Waals surface area contributed by atoms with Crippen molar-refractivity contribution in [1.29, 1.82) is 0 Å². The number of aromatic nitrogens is 1. The normalized spacial score (nSPS) is 10.5. The molecule has 0 radical (unpaired) electrons. The van der Waals surface area contributed by atoms with Gasteiger partial charge in [-0.15, -0.1) is 0 Å². The van der Waals surface area contributed by atoms with Crippen LogP contribution in [0.3, 0.4) is 0 Å². The van der Waals surface area contributed by atoms with Crippen molar-refractivity contribution in [2.75, 3.05) is 25.1 Å². The zero-order chi connectivity index (χ0) is 12.7. The number of hydrogen-bond acceptors (Lipinski definition) is 4. The Labute approximate surface area is 103 Å².